The number of nitrogens with one attached hydrogen (secondary N) is 1. The first-order valence-corrected chi connectivity index (χ1v) is 5.36. The van der Waals surface area contributed by atoms with E-state index in [0.717, 1.165) is 5.69 Å². The lowest BCUT2D eigenvalue weighted by molar-refractivity contribution is 0.628. The standard InChI is InChI=1S/C13H14FN3/c1-3-7-17-9-10(2)15-13(17)16-12-6-4-5-11(14)8-12/h3-6,8-9H,1,7H2,2H3,(H,15,16). The second-order valence-electron chi connectivity index (χ2n) is 3.78. The van der Waals surface area contributed by atoms with Gasteiger partial charge in [-0.3, -0.25) is 0 Å². The van der Waals surface area contributed by atoms with Crippen molar-refractivity contribution in [3.05, 3.63) is 54.6 Å². The summed E-state index contributed by atoms with van der Waals surface area (Å²) in [7, 11) is 0. The fraction of sp³-hybridized carbons (Fsp3) is 0.154. The minimum atomic E-state index is -0.270. The van der Waals surface area contributed by atoms with Gasteiger partial charge >= 0.3 is 0 Å². The predicted molar refractivity (Wildman–Crippen MR) is 66.8 cm³/mol. The minimum Gasteiger partial charge on any atom is -0.325 e. The van der Waals surface area contributed by atoms with E-state index in [0.29, 0.717) is 18.2 Å². The number of benzene rings is 1. The normalized spacial score (nSPS) is 10.2. The first-order valence-electron chi connectivity index (χ1n) is 5.36. The van der Waals surface area contributed by atoms with Crippen LogP contribution in [0.5, 0.6) is 0 Å². The van der Waals surface area contributed by atoms with Crippen LogP contribution in [0.15, 0.2) is 43.1 Å². The molecule has 3 nitrogen and oxygen atoms in total. The number of anilines is 2. The van der Waals surface area contributed by atoms with Crippen LogP contribution in [0.3, 0.4) is 0 Å². The van der Waals surface area contributed by atoms with Crippen LogP contribution in [0.1, 0.15) is 5.69 Å². The molecule has 0 atom stereocenters. The van der Waals surface area contributed by atoms with Crippen LogP contribution >= 0.6 is 0 Å². The fourth-order valence-corrected chi connectivity index (χ4v) is 1.62. The first-order chi connectivity index (χ1) is 8.19. The van der Waals surface area contributed by atoms with Crippen LogP contribution in [0, 0.1) is 12.7 Å². The van der Waals surface area contributed by atoms with Crippen LogP contribution in [0.2, 0.25) is 0 Å². The average molecular weight is 231 g/mol. The third-order valence-electron chi connectivity index (χ3n) is 2.30. The van der Waals surface area contributed by atoms with Crippen molar-refractivity contribution in [2.45, 2.75) is 13.5 Å². The van der Waals surface area contributed by atoms with Crippen LogP contribution in [-0.4, -0.2) is 9.55 Å². The molecule has 0 spiro atoms. The second-order valence-corrected chi connectivity index (χ2v) is 3.78. The number of imidazole rings is 1. The summed E-state index contributed by atoms with van der Waals surface area (Å²) in [5, 5.41) is 3.08. The van der Waals surface area contributed by atoms with Crippen LogP contribution in [-0.2, 0) is 6.54 Å². The molecule has 4 heteroatoms. The fourth-order valence-electron chi connectivity index (χ4n) is 1.62. The van der Waals surface area contributed by atoms with E-state index in [1.807, 2.05) is 17.7 Å². The zero-order valence-electron chi connectivity index (χ0n) is 9.65. The molecule has 17 heavy (non-hydrogen) atoms. The Bertz CT molecular complexity index is 531. The van der Waals surface area contributed by atoms with Gasteiger partial charge in [0, 0.05) is 18.4 Å². The number of rotatable bonds is 4. The quantitative estimate of drug-likeness (QED) is 0.818. The summed E-state index contributed by atoms with van der Waals surface area (Å²) in [5.74, 6) is 0.418. The monoisotopic (exact) mass is 231 g/mol. The van der Waals surface area contributed by atoms with Gasteiger partial charge in [-0.25, -0.2) is 9.37 Å². The Balaban J connectivity index is 2.26. The molecule has 0 aliphatic rings. The number of nitrogens with zero attached hydrogens (tertiary/aromatic N) is 2. The third kappa shape index (κ3) is 2.72. The molecular formula is C13H14FN3. The summed E-state index contributed by atoms with van der Waals surface area (Å²) in [5.41, 5.74) is 1.59. The van der Waals surface area contributed by atoms with E-state index >= 15 is 0 Å². The lowest BCUT2D eigenvalue weighted by atomic mass is 10.3. The molecule has 2 aromatic rings. The first kappa shape index (κ1) is 11.4. The third-order valence-corrected chi connectivity index (χ3v) is 2.30. The number of aryl methyl sites for hydroxylation is 1. The summed E-state index contributed by atoms with van der Waals surface area (Å²) in [6, 6.07) is 6.30. The van der Waals surface area contributed by atoms with Gasteiger partial charge in [-0.1, -0.05) is 12.1 Å². The molecule has 0 bridgehead atoms. The van der Waals surface area contributed by atoms with Crippen molar-refractivity contribution in [2.75, 3.05) is 5.32 Å². The molecule has 0 saturated heterocycles. The van der Waals surface area contributed by atoms with Gasteiger partial charge in [0.1, 0.15) is 5.82 Å². The van der Waals surface area contributed by atoms with Crippen molar-refractivity contribution in [2.24, 2.45) is 0 Å². The summed E-state index contributed by atoms with van der Waals surface area (Å²) >= 11 is 0. The van der Waals surface area contributed by atoms with E-state index in [1.165, 1.54) is 12.1 Å². The van der Waals surface area contributed by atoms with Crippen molar-refractivity contribution in [1.29, 1.82) is 0 Å². The summed E-state index contributed by atoms with van der Waals surface area (Å²) in [6.45, 7) is 6.27. The van der Waals surface area contributed by atoms with Crippen molar-refractivity contribution in [3.63, 3.8) is 0 Å². The van der Waals surface area contributed by atoms with Crippen molar-refractivity contribution in [1.82, 2.24) is 9.55 Å². The highest BCUT2D eigenvalue weighted by atomic mass is 19.1. The highest BCUT2D eigenvalue weighted by molar-refractivity contribution is 5.53. The number of hydrogen-bond acceptors (Lipinski definition) is 2. The van der Waals surface area contributed by atoms with Gasteiger partial charge < -0.3 is 9.88 Å². The Hall–Kier alpha value is -2.10. The van der Waals surface area contributed by atoms with Crippen molar-refractivity contribution in [3.8, 4) is 0 Å². The van der Waals surface area contributed by atoms with Crippen molar-refractivity contribution >= 4 is 11.6 Å². The van der Waals surface area contributed by atoms with Gasteiger partial charge in [-0.15, -0.1) is 6.58 Å². The van der Waals surface area contributed by atoms with E-state index in [9.17, 15) is 4.39 Å². The molecule has 1 N–H and O–H groups in total. The molecule has 0 fully saturated rings. The molecule has 88 valence electrons. The topological polar surface area (TPSA) is 29.9 Å². The lowest BCUT2D eigenvalue weighted by Crippen LogP contribution is -2.01. The Morgan fingerprint density at radius 1 is 1.53 bits per heavy atom. The Kier molecular flexibility index (Phi) is 3.23. The molecule has 2 rings (SSSR count). The van der Waals surface area contributed by atoms with Gasteiger partial charge in [0.2, 0.25) is 5.95 Å². The average Bonchev–Trinajstić information content (AvgIpc) is 2.59. The van der Waals surface area contributed by atoms with Crippen LogP contribution in [0.4, 0.5) is 16.0 Å². The Morgan fingerprint density at radius 2 is 2.35 bits per heavy atom. The molecule has 1 aromatic carbocycles. The van der Waals surface area contributed by atoms with Crippen LogP contribution in [0.25, 0.3) is 0 Å². The van der Waals surface area contributed by atoms with Crippen LogP contribution < -0.4 is 5.32 Å². The zero-order valence-corrected chi connectivity index (χ0v) is 9.65. The summed E-state index contributed by atoms with van der Waals surface area (Å²) < 4.78 is 15.0. The molecule has 0 unspecified atom stereocenters. The number of allylic oxidation sites excluding steroid dienone is 1. The maximum Gasteiger partial charge on any atom is 0.207 e. The SMILES string of the molecule is C=CCn1cc(C)nc1Nc1cccc(F)c1. The highest BCUT2D eigenvalue weighted by Crippen LogP contribution is 2.17. The molecule has 0 saturated carbocycles. The van der Waals surface area contributed by atoms with Gasteiger partial charge in [-0.2, -0.15) is 0 Å². The number of aromatic nitrogens is 2. The second kappa shape index (κ2) is 4.82. The number of hydrogen-bond donors (Lipinski definition) is 1. The summed E-state index contributed by atoms with van der Waals surface area (Å²) in [4.78, 5) is 4.34. The predicted octanol–water partition coefficient (Wildman–Crippen LogP) is 3.26. The van der Waals surface area contributed by atoms with Gasteiger partial charge in [0.05, 0.1) is 5.69 Å². The Morgan fingerprint density at radius 3 is 3.06 bits per heavy atom. The van der Waals surface area contributed by atoms with Gasteiger partial charge in [0.15, 0.2) is 0 Å². The summed E-state index contributed by atoms with van der Waals surface area (Å²) in [6.07, 6.45) is 3.71. The molecule has 0 radical (unpaired) electrons. The maximum absolute atomic E-state index is 13.0. The van der Waals surface area contributed by atoms with Crippen molar-refractivity contribution < 1.29 is 4.39 Å². The van der Waals surface area contributed by atoms with E-state index in [-0.39, 0.29) is 5.82 Å². The smallest absolute Gasteiger partial charge is 0.207 e. The maximum atomic E-state index is 13.0. The number of halogens is 1. The van der Waals surface area contributed by atoms with E-state index in [2.05, 4.69) is 16.9 Å². The highest BCUT2D eigenvalue weighted by Gasteiger charge is 2.04. The molecular weight excluding hydrogens is 217 g/mol. The lowest BCUT2D eigenvalue weighted by Gasteiger charge is -2.07. The molecule has 1 heterocycles. The molecule has 0 aliphatic carbocycles. The van der Waals surface area contributed by atoms with E-state index in [4.69, 9.17) is 0 Å². The molecule has 0 aliphatic heterocycles. The zero-order chi connectivity index (χ0) is 12.3. The largest absolute Gasteiger partial charge is 0.325 e. The van der Waals surface area contributed by atoms with Gasteiger partial charge in [-0.05, 0) is 25.1 Å². The van der Waals surface area contributed by atoms with E-state index < -0.39 is 0 Å². The molecule has 1 aromatic heterocycles. The Labute approximate surface area is 99.6 Å². The van der Waals surface area contributed by atoms with E-state index in [1.54, 1.807) is 18.2 Å². The minimum absolute atomic E-state index is 0.270. The molecule has 0 amide bonds. The van der Waals surface area contributed by atoms with Gasteiger partial charge in [0.25, 0.3) is 0 Å².